The van der Waals surface area contributed by atoms with Crippen molar-refractivity contribution in [3.05, 3.63) is 41.7 Å². The highest BCUT2D eigenvalue weighted by Gasteiger charge is 2.23. The van der Waals surface area contributed by atoms with Gasteiger partial charge in [0.1, 0.15) is 0 Å². The van der Waals surface area contributed by atoms with E-state index in [0.29, 0.717) is 12.1 Å². The summed E-state index contributed by atoms with van der Waals surface area (Å²) in [5.41, 5.74) is 3.09. The molecule has 0 unspecified atom stereocenters. The van der Waals surface area contributed by atoms with Gasteiger partial charge in [0.15, 0.2) is 5.13 Å². The summed E-state index contributed by atoms with van der Waals surface area (Å²) in [5, 5.41) is 5.18. The standard InChI is InChI=1S/C19H23N5OS/c1-3-14-6-4-7-16-17(14)21-19(26-16)24-9-5-8-23(10-11-24)18(25)15-12-20-22(2)13-15/h4,6-7,12-13H,3,5,8-11H2,1-2H3. The van der Waals surface area contributed by atoms with E-state index in [1.165, 1.54) is 10.3 Å². The maximum Gasteiger partial charge on any atom is 0.257 e. The Morgan fingerprint density at radius 1 is 1.23 bits per heavy atom. The number of benzene rings is 1. The van der Waals surface area contributed by atoms with Gasteiger partial charge in [0.2, 0.25) is 0 Å². The summed E-state index contributed by atoms with van der Waals surface area (Å²) in [7, 11) is 1.83. The lowest BCUT2D eigenvalue weighted by Gasteiger charge is -2.21. The third-order valence-corrected chi connectivity index (χ3v) is 5.96. The Labute approximate surface area is 157 Å². The monoisotopic (exact) mass is 369 g/mol. The Balaban J connectivity index is 1.51. The van der Waals surface area contributed by atoms with Gasteiger partial charge in [0.25, 0.3) is 5.91 Å². The highest BCUT2D eigenvalue weighted by molar-refractivity contribution is 7.22. The summed E-state index contributed by atoms with van der Waals surface area (Å²) in [6, 6.07) is 6.41. The van der Waals surface area contributed by atoms with E-state index >= 15 is 0 Å². The van der Waals surface area contributed by atoms with Crippen LogP contribution in [0.4, 0.5) is 5.13 Å². The second-order valence-corrected chi connectivity index (χ2v) is 7.66. The molecule has 7 heteroatoms. The molecule has 6 nitrogen and oxygen atoms in total. The summed E-state index contributed by atoms with van der Waals surface area (Å²) in [6.07, 6.45) is 5.37. The van der Waals surface area contributed by atoms with E-state index in [0.717, 1.165) is 43.1 Å². The minimum absolute atomic E-state index is 0.0671. The number of aromatic nitrogens is 3. The van der Waals surface area contributed by atoms with Gasteiger partial charge >= 0.3 is 0 Å². The quantitative estimate of drug-likeness (QED) is 0.712. The van der Waals surface area contributed by atoms with Crippen LogP contribution in [0.15, 0.2) is 30.6 Å². The predicted molar refractivity (Wildman–Crippen MR) is 105 cm³/mol. The molecule has 0 aliphatic carbocycles. The minimum Gasteiger partial charge on any atom is -0.346 e. The van der Waals surface area contributed by atoms with Crippen molar-refractivity contribution in [1.29, 1.82) is 0 Å². The summed E-state index contributed by atoms with van der Waals surface area (Å²) in [5.74, 6) is 0.0671. The Bertz CT molecular complexity index is 931. The average Bonchev–Trinajstić information content (AvgIpc) is 3.20. The van der Waals surface area contributed by atoms with Crippen LogP contribution in [0.3, 0.4) is 0 Å². The van der Waals surface area contributed by atoms with Crippen LogP contribution in [0.1, 0.15) is 29.3 Å². The van der Waals surface area contributed by atoms with Gasteiger partial charge in [-0.05, 0) is 24.5 Å². The van der Waals surface area contributed by atoms with Crippen LogP contribution in [0.2, 0.25) is 0 Å². The lowest BCUT2D eigenvalue weighted by atomic mass is 10.1. The number of aryl methyl sites for hydroxylation is 2. The van der Waals surface area contributed by atoms with Crippen LogP contribution < -0.4 is 4.90 Å². The highest BCUT2D eigenvalue weighted by Crippen LogP contribution is 2.31. The van der Waals surface area contributed by atoms with Crippen LogP contribution in [0.25, 0.3) is 10.2 Å². The third-order valence-electron chi connectivity index (χ3n) is 4.88. The van der Waals surface area contributed by atoms with Crippen molar-refractivity contribution in [1.82, 2.24) is 19.7 Å². The number of carbonyl (C=O) groups excluding carboxylic acids is 1. The Hall–Kier alpha value is -2.41. The highest BCUT2D eigenvalue weighted by atomic mass is 32.1. The van der Waals surface area contributed by atoms with Gasteiger partial charge in [-0.3, -0.25) is 9.48 Å². The molecular weight excluding hydrogens is 346 g/mol. The van der Waals surface area contributed by atoms with E-state index in [4.69, 9.17) is 4.98 Å². The molecular formula is C19H23N5OS. The van der Waals surface area contributed by atoms with Gasteiger partial charge < -0.3 is 9.80 Å². The Kier molecular flexibility index (Phi) is 4.63. The number of hydrogen-bond donors (Lipinski definition) is 0. The molecule has 1 amide bonds. The number of para-hydroxylation sites is 1. The maximum atomic E-state index is 12.7. The number of amides is 1. The zero-order valence-electron chi connectivity index (χ0n) is 15.2. The molecule has 1 aromatic carbocycles. The third kappa shape index (κ3) is 3.19. The molecule has 136 valence electrons. The van der Waals surface area contributed by atoms with Crippen LogP contribution >= 0.6 is 11.3 Å². The molecule has 0 radical (unpaired) electrons. The zero-order chi connectivity index (χ0) is 18.1. The van der Waals surface area contributed by atoms with Crippen molar-refractivity contribution in [2.75, 3.05) is 31.1 Å². The number of rotatable bonds is 3. The largest absolute Gasteiger partial charge is 0.346 e. The molecule has 0 atom stereocenters. The van der Waals surface area contributed by atoms with Crippen molar-refractivity contribution < 1.29 is 4.79 Å². The normalized spacial score (nSPS) is 15.5. The van der Waals surface area contributed by atoms with Gasteiger partial charge in [0, 0.05) is 39.4 Å². The number of nitrogens with zero attached hydrogens (tertiary/aromatic N) is 5. The SMILES string of the molecule is CCc1cccc2sc(N3CCCN(C(=O)c4cnn(C)c4)CC3)nc12. The van der Waals surface area contributed by atoms with E-state index in [9.17, 15) is 4.79 Å². The zero-order valence-corrected chi connectivity index (χ0v) is 16.0. The predicted octanol–water partition coefficient (Wildman–Crippen LogP) is 2.94. The molecule has 2 aromatic heterocycles. The van der Waals surface area contributed by atoms with Crippen molar-refractivity contribution in [2.45, 2.75) is 19.8 Å². The van der Waals surface area contributed by atoms with E-state index in [2.05, 4.69) is 35.1 Å². The van der Waals surface area contributed by atoms with Crippen molar-refractivity contribution in [2.24, 2.45) is 7.05 Å². The lowest BCUT2D eigenvalue weighted by molar-refractivity contribution is 0.0767. The summed E-state index contributed by atoms with van der Waals surface area (Å²) in [4.78, 5) is 21.8. The summed E-state index contributed by atoms with van der Waals surface area (Å²) < 4.78 is 2.91. The number of thiazole rings is 1. The number of anilines is 1. The molecule has 1 saturated heterocycles. The van der Waals surface area contributed by atoms with Crippen LogP contribution in [-0.2, 0) is 13.5 Å². The number of carbonyl (C=O) groups is 1. The van der Waals surface area contributed by atoms with Gasteiger partial charge in [-0.15, -0.1) is 0 Å². The van der Waals surface area contributed by atoms with Gasteiger partial charge in [-0.2, -0.15) is 5.10 Å². The first-order valence-electron chi connectivity index (χ1n) is 9.07. The van der Waals surface area contributed by atoms with Crippen molar-refractivity contribution >= 4 is 32.6 Å². The molecule has 0 N–H and O–H groups in total. The summed E-state index contributed by atoms with van der Waals surface area (Å²) >= 11 is 1.75. The molecule has 0 saturated carbocycles. The second-order valence-electron chi connectivity index (χ2n) is 6.65. The van der Waals surface area contributed by atoms with Crippen LogP contribution in [-0.4, -0.2) is 51.8 Å². The minimum atomic E-state index is 0.0671. The van der Waals surface area contributed by atoms with Gasteiger partial charge in [-0.25, -0.2) is 4.98 Å². The maximum absolute atomic E-state index is 12.7. The fourth-order valence-electron chi connectivity index (χ4n) is 3.44. The molecule has 1 aliphatic rings. The number of fused-ring (bicyclic) bond motifs is 1. The van der Waals surface area contributed by atoms with Crippen molar-refractivity contribution in [3.63, 3.8) is 0 Å². The first kappa shape index (κ1) is 17.0. The molecule has 4 rings (SSSR count). The Morgan fingerprint density at radius 3 is 2.88 bits per heavy atom. The molecule has 1 aliphatic heterocycles. The topological polar surface area (TPSA) is 54.3 Å². The van der Waals surface area contributed by atoms with Crippen molar-refractivity contribution in [3.8, 4) is 0 Å². The van der Waals surface area contributed by atoms with E-state index < -0.39 is 0 Å². The first-order chi connectivity index (χ1) is 12.7. The van der Waals surface area contributed by atoms with Gasteiger partial charge in [-0.1, -0.05) is 30.4 Å². The van der Waals surface area contributed by atoms with E-state index in [-0.39, 0.29) is 5.91 Å². The van der Waals surface area contributed by atoms with E-state index in [1.807, 2.05) is 11.9 Å². The molecule has 26 heavy (non-hydrogen) atoms. The van der Waals surface area contributed by atoms with Crippen LogP contribution in [0, 0.1) is 0 Å². The second kappa shape index (κ2) is 7.07. The molecule has 0 spiro atoms. The number of hydrogen-bond acceptors (Lipinski definition) is 5. The fourth-order valence-corrected chi connectivity index (χ4v) is 4.51. The van der Waals surface area contributed by atoms with E-state index in [1.54, 1.807) is 28.4 Å². The summed E-state index contributed by atoms with van der Waals surface area (Å²) in [6.45, 7) is 5.40. The fraction of sp³-hybridized carbons (Fsp3) is 0.421. The molecule has 3 aromatic rings. The molecule has 0 bridgehead atoms. The van der Waals surface area contributed by atoms with Gasteiger partial charge in [0.05, 0.1) is 22.0 Å². The average molecular weight is 369 g/mol. The lowest BCUT2D eigenvalue weighted by Crippen LogP contribution is -2.35. The van der Waals surface area contributed by atoms with Crippen LogP contribution in [0.5, 0.6) is 0 Å². The molecule has 3 heterocycles. The smallest absolute Gasteiger partial charge is 0.257 e. The first-order valence-corrected chi connectivity index (χ1v) is 9.88. The molecule has 1 fully saturated rings. The Morgan fingerprint density at radius 2 is 2.12 bits per heavy atom.